The van der Waals surface area contributed by atoms with Crippen LogP contribution >= 0.6 is 0 Å². The highest BCUT2D eigenvalue weighted by Crippen LogP contribution is 2.30. The maximum Gasteiger partial charge on any atom is 0.423 e. The summed E-state index contributed by atoms with van der Waals surface area (Å²) in [5, 5.41) is 18.4. The molecule has 0 saturated carbocycles. The normalized spacial score (nSPS) is 22.6. The lowest BCUT2D eigenvalue weighted by molar-refractivity contribution is -0.139. The summed E-state index contributed by atoms with van der Waals surface area (Å²) in [5.41, 5.74) is -4.17. The van der Waals surface area contributed by atoms with Crippen LogP contribution in [-0.4, -0.2) is 48.5 Å². The summed E-state index contributed by atoms with van der Waals surface area (Å²) in [6.07, 6.45) is -3.16. The minimum atomic E-state index is -4.92. The molecule has 3 atom stereocenters. The molecule has 0 radical (unpaired) electrons. The van der Waals surface area contributed by atoms with Crippen LogP contribution in [0.5, 0.6) is 0 Å². The van der Waals surface area contributed by atoms with Crippen molar-refractivity contribution in [2.45, 2.75) is 31.0 Å². The molecule has 0 bridgehead atoms. The van der Waals surface area contributed by atoms with Crippen molar-refractivity contribution in [1.82, 2.24) is 19.5 Å². The lowest BCUT2D eigenvalue weighted by atomic mass is 10.2. The van der Waals surface area contributed by atoms with Crippen LogP contribution in [0.4, 0.5) is 13.2 Å². The summed E-state index contributed by atoms with van der Waals surface area (Å²) in [4.78, 5) is 31.5. The molecule has 1 saturated heterocycles. The number of halogens is 3. The maximum atomic E-state index is 12.6. The number of rotatable bonds is 2. The number of ether oxygens (including phenoxy) is 1. The average Bonchev–Trinajstić information content (AvgIpc) is 2.96. The van der Waals surface area contributed by atoms with E-state index in [1.54, 1.807) is 23.4 Å². The number of nitrogens with zero attached hydrogens (tertiary/aromatic N) is 3. The lowest BCUT2D eigenvalue weighted by Crippen LogP contribution is -2.36. The van der Waals surface area contributed by atoms with Crippen LogP contribution in [0.15, 0.2) is 40.6 Å². The van der Waals surface area contributed by atoms with E-state index in [2.05, 4.69) is 9.97 Å². The van der Waals surface area contributed by atoms with Crippen molar-refractivity contribution < 1.29 is 28.1 Å². The van der Waals surface area contributed by atoms with Crippen LogP contribution in [0.1, 0.15) is 18.2 Å². The van der Waals surface area contributed by atoms with Crippen LogP contribution in [0.3, 0.4) is 0 Å². The van der Waals surface area contributed by atoms with Gasteiger partial charge in [-0.15, -0.1) is 0 Å². The molecule has 26 heavy (non-hydrogen) atoms. The summed E-state index contributed by atoms with van der Waals surface area (Å²) in [5.74, 6) is 0. The molecule has 3 N–H and O–H groups in total. The summed E-state index contributed by atoms with van der Waals surface area (Å²) in [6.45, 7) is -0.540. The Balaban J connectivity index is 0.000000342. The Kier molecular flexibility index (Phi) is 6.23. The van der Waals surface area contributed by atoms with Crippen LogP contribution < -0.4 is 11.2 Å². The molecule has 0 aliphatic carbocycles. The molecule has 142 valence electrons. The van der Waals surface area contributed by atoms with Crippen LogP contribution in [-0.2, 0) is 10.9 Å². The third-order valence-corrected chi connectivity index (χ3v) is 3.45. The topological polar surface area (TPSA) is 130 Å². The highest BCUT2D eigenvalue weighted by molar-refractivity contribution is 5.09. The van der Waals surface area contributed by atoms with Crippen molar-refractivity contribution in [2.24, 2.45) is 0 Å². The molecule has 9 nitrogen and oxygen atoms in total. The van der Waals surface area contributed by atoms with Gasteiger partial charge in [0.1, 0.15) is 24.2 Å². The molecular formula is C14H15F3N4O5. The Morgan fingerprint density at radius 2 is 1.96 bits per heavy atom. The van der Waals surface area contributed by atoms with Crippen molar-refractivity contribution in [3.8, 4) is 0 Å². The van der Waals surface area contributed by atoms with E-state index in [-0.39, 0.29) is 6.42 Å². The largest absolute Gasteiger partial charge is 0.423 e. The van der Waals surface area contributed by atoms with Gasteiger partial charge in [0.15, 0.2) is 0 Å². The SMILES string of the molecule is O=c1[nH]c(=O)n([C@H]2C[C@H](O)[C@@H](CO)O2)cc1C(F)(F)F.c1cncnc1. The summed E-state index contributed by atoms with van der Waals surface area (Å²) in [6, 6.07) is 1.78. The molecule has 0 unspecified atom stereocenters. The van der Waals surface area contributed by atoms with E-state index < -0.39 is 48.0 Å². The Morgan fingerprint density at radius 1 is 1.31 bits per heavy atom. The number of aliphatic hydroxyl groups is 2. The Bertz CT molecular complexity index is 797. The second kappa shape index (κ2) is 8.21. The zero-order valence-corrected chi connectivity index (χ0v) is 13.1. The number of hydrogen-bond acceptors (Lipinski definition) is 7. The highest BCUT2D eigenvalue weighted by Gasteiger charge is 2.38. The first kappa shape index (κ1) is 19.8. The van der Waals surface area contributed by atoms with Gasteiger partial charge in [-0.1, -0.05) is 0 Å². The number of aromatic amines is 1. The van der Waals surface area contributed by atoms with Gasteiger partial charge in [0.2, 0.25) is 0 Å². The fourth-order valence-corrected chi connectivity index (χ4v) is 2.20. The first-order valence-corrected chi connectivity index (χ1v) is 7.31. The molecule has 1 aliphatic rings. The first-order chi connectivity index (χ1) is 12.2. The Hall–Kier alpha value is -2.57. The predicted octanol–water partition coefficient (Wildman–Crippen LogP) is -0.327. The zero-order chi connectivity index (χ0) is 19.3. The van der Waals surface area contributed by atoms with Gasteiger partial charge in [0.05, 0.1) is 12.7 Å². The molecule has 0 amide bonds. The van der Waals surface area contributed by atoms with Crippen LogP contribution in [0.25, 0.3) is 0 Å². The Labute approximate surface area is 143 Å². The standard InChI is InChI=1S/C10H11F3N2O5.C4H4N2/c11-10(12,13)4-2-15(9(19)14-8(4)18)7-1-5(17)6(3-16)20-7;1-2-5-4-6-3-1/h2,5-7,16-17H,1,3H2,(H,14,18,19);1-4H/t5-,6+,7+;/m0./s1. The van der Waals surface area contributed by atoms with E-state index in [9.17, 15) is 27.9 Å². The predicted molar refractivity (Wildman–Crippen MR) is 80.0 cm³/mol. The van der Waals surface area contributed by atoms with E-state index in [0.717, 1.165) is 0 Å². The summed E-state index contributed by atoms with van der Waals surface area (Å²) >= 11 is 0. The molecule has 0 aromatic carbocycles. The molecule has 0 spiro atoms. The van der Waals surface area contributed by atoms with Crippen LogP contribution in [0, 0.1) is 0 Å². The van der Waals surface area contributed by atoms with Gasteiger partial charge in [0.25, 0.3) is 5.56 Å². The van der Waals surface area contributed by atoms with E-state index in [1.807, 2.05) is 0 Å². The molecule has 2 aromatic heterocycles. The van der Waals surface area contributed by atoms with E-state index in [1.165, 1.54) is 6.33 Å². The smallest absolute Gasteiger partial charge is 0.394 e. The highest BCUT2D eigenvalue weighted by atomic mass is 19.4. The number of aromatic nitrogens is 4. The number of H-pyrrole nitrogens is 1. The Morgan fingerprint density at radius 3 is 2.38 bits per heavy atom. The van der Waals surface area contributed by atoms with Gasteiger partial charge in [-0.05, 0) is 6.07 Å². The molecule has 2 aromatic rings. The van der Waals surface area contributed by atoms with Crippen molar-refractivity contribution in [3.05, 3.63) is 57.4 Å². The zero-order valence-electron chi connectivity index (χ0n) is 13.1. The van der Waals surface area contributed by atoms with Crippen molar-refractivity contribution in [2.75, 3.05) is 6.61 Å². The number of alkyl halides is 3. The van der Waals surface area contributed by atoms with E-state index in [0.29, 0.717) is 10.8 Å². The average molecular weight is 376 g/mol. The molecule has 3 heterocycles. The number of aliphatic hydroxyl groups excluding tert-OH is 2. The fraction of sp³-hybridized carbons (Fsp3) is 0.429. The van der Waals surface area contributed by atoms with Crippen molar-refractivity contribution in [3.63, 3.8) is 0 Å². The van der Waals surface area contributed by atoms with Gasteiger partial charge in [-0.2, -0.15) is 13.2 Å². The van der Waals surface area contributed by atoms with Crippen molar-refractivity contribution in [1.29, 1.82) is 0 Å². The van der Waals surface area contributed by atoms with Crippen molar-refractivity contribution >= 4 is 0 Å². The number of hydrogen-bond donors (Lipinski definition) is 3. The first-order valence-electron chi connectivity index (χ1n) is 7.31. The molecule has 1 aliphatic heterocycles. The molecular weight excluding hydrogens is 361 g/mol. The van der Waals surface area contributed by atoms with Gasteiger partial charge in [0, 0.05) is 25.0 Å². The van der Waals surface area contributed by atoms with Gasteiger partial charge in [-0.25, -0.2) is 14.8 Å². The third kappa shape index (κ3) is 4.74. The van der Waals surface area contributed by atoms with E-state index in [4.69, 9.17) is 9.84 Å². The third-order valence-electron chi connectivity index (χ3n) is 3.45. The fourth-order valence-electron chi connectivity index (χ4n) is 2.20. The number of nitrogens with one attached hydrogen (secondary N) is 1. The van der Waals surface area contributed by atoms with Gasteiger partial charge < -0.3 is 14.9 Å². The van der Waals surface area contributed by atoms with E-state index >= 15 is 0 Å². The minimum absolute atomic E-state index is 0.172. The second-order valence-corrected chi connectivity index (χ2v) is 5.23. The summed E-state index contributed by atoms with van der Waals surface area (Å²) in [7, 11) is 0. The monoisotopic (exact) mass is 376 g/mol. The lowest BCUT2D eigenvalue weighted by Gasteiger charge is -2.16. The summed E-state index contributed by atoms with van der Waals surface area (Å²) < 4.78 is 43.4. The molecule has 1 fully saturated rings. The molecule has 3 rings (SSSR count). The molecule has 12 heteroatoms. The quantitative estimate of drug-likeness (QED) is 0.654. The van der Waals surface area contributed by atoms with Crippen LogP contribution in [0.2, 0.25) is 0 Å². The van der Waals surface area contributed by atoms with Gasteiger partial charge in [-0.3, -0.25) is 14.3 Å². The second-order valence-electron chi connectivity index (χ2n) is 5.23. The maximum absolute atomic E-state index is 12.6. The minimum Gasteiger partial charge on any atom is -0.394 e. The van der Waals surface area contributed by atoms with Gasteiger partial charge >= 0.3 is 11.9 Å².